The summed E-state index contributed by atoms with van der Waals surface area (Å²) in [6.45, 7) is 1.37. The quantitative estimate of drug-likeness (QED) is 0.622. The highest BCUT2D eigenvalue weighted by molar-refractivity contribution is 7.71. The number of hydrogen-bond donors (Lipinski definition) is 1. The van der Waals surface area contributed by atoms with Crippen molar-refractivity contribution in [3.05, 3.63) is 51.3 Å². The summed E-state index contributed by atoms with van der Waals surface area (Å²) in [7, 11) is 1.77. The lowest BCUT2D eigenvalue weighted by atomic mass is 9.95. The van der Waals surface area contributed by atoms with Crippen LogP contribution >= 0.6 is 12.2 Å². The van der Waals surface area contributed by atoms with Crippen LogP contribution in [0.3, 0.4) is 0 Å². The van der Waals surface area contributed by atoms with E-state index in [0.717, 1.165) is 24.2 Å². The highest BCUT2D eigenvalue weighted by Gasteiger charge is 2.33. The molecule has 5 nitrogen and oxygen atoms in total. The van der Waals surface area contributed by atoms with Gasteiger partial charge in [0.15, 0.2) is 16.4 Å². The van der Waals surface area contributed by atoms with Gasteiger partial charge in [0.05, 0.1) is 19.1 Å². The van der Waals surface area contributed by atoms with Crippen LogP contribution in [0.15, 0.2) is 12.1 Å². The van der Waals surface area contributed by atoms with Crippen LogP contribution in [0.2, 0.25) is 0 Å². The summed E-state index contributed by atoms with van der Waals surface area (Å²) in [6, 6.07) is 1.72. The Balaban J connectivity index is 1.60. The molecule has 0 aliphatic carbocycles. The van der Waals surface area contributed by atoms with Gasteiger partial charge >= 0.3 is 0 Å². The molecule has 0 radical (unpaired) electrons. The number of aromatic nitrogens is 2. The van der Waals surface area contributed by atoms with Crippen molar-refractivity contribution in [3.8, 4) is 0 Å². The number of nitrogens with zero attached hydrogens (tertiary/aromatic N) is 2. The smallest absolute Gasteiger partial charge is 0.226 e. The molecule has 1 fully saturated rings. The van der Waals surface area contributed by atoms with Gasteiger partial charge in [-0.3, -0.25) is 4.79 Å². The molecule has 1 unspecified atom stereocenters. The van der Waals surface area contributed by atoms with E-state index in [2.05, 4.69) is 5.32 Å². The van der Waals surface area contributed by atoms with Crippen LogP contribution in [0, 0.1) is 22.2 Å². The second-order valence-electron chi connectivity index (χ2n) is 7.31. The fraction of sp³-hybridized carbons (Fsp3) is 0.474. The zero-order chi connectivity index (χ0) is 20.0. The average Bonchev–Trinajstić information content (AvgIpc) is 3.35. The molecule has 1 saturated heterocycles. The average molecular weight is 411 g/mol. The lowest BCUT2D eigenvalue weighted by molar-refractivity contribution is -0.121. The number of fused-ring (bicyclic) bond motifs is 1. The van der Waals surface area contributed by atoms with Crippen LogP contribution in [0.1, 0.15) is 29.3 Å². The molecule has 0 spiro atoms. The third-order valence-corrected chi connectivity index (χ3v) is 6.03. The topological polar surface area (TPSA) is 48.2 Å². The van der Waals surface area contributed by atoms with Gasteiger partial charge in [-0.1, -0.05) is 0 Å². The van der Waals surface area contributed by atoms with Crippen LogP contribution in [-0.2, 0) is 36.0 Å². The number of carbonyl (C=O) groups excluding carboxylic acids is 1. The van der Waals surface area contributed by atoms with Gasteiger partial charge in [-0.15, -0.1) is 0 Å². The number of hydrogen-bond acceptors (Lipinski definition) is 3. The number of imidazole rings is 1. The summed E-state index contributed by atoms with van der Waals surface area (Å²) in [4.78, 5) is 12.4. The maximum atomic E-state index is 14.2. The maximum absolute atomic E-state index is 14.2. The summed E-state index contributed by atoms with van der Waals surface area (Å²) in [5.41, 5.74) is 1.21. The van der Waals surface area contributed by atoms with Crippen molar-refractivity contribution in [1.82, 2.24) is 14.5 Å². The lowest BCUT2D eigenvalue weighted by Crippen LogP contribution is -2.36. The summed E-state index contributed by atoms with van der Waals surface area (Å²) < 4.78 is 51.3. The molecule has 9 heteroatoms. The molecule has 2 aromatic rings. The number of amides is 1. The first-order valence-corrected chi connectivity index (χ1v) is 9.55. The molecule has 2 aliphatic rings. The zero-order valence-electron chi connectivity index (χ0n) is 15.3. The van der Waals surface area contributed by atoms with E-state index in [1.165, 1.54) is 0 Å². The van der Waals surface area contributed by atoms with Gasteiger partial charge in [-0.2, -0.15) is 0 Å². The fourth-order valence-electron chi connectivity index (χ4n) is 4.11. The molecule has 0 bridgehead atoms. The molecular formula is C19H20F3N3O2S. The second kappa shape index (κ2) is 7.36. The molecular weight excluding hydrogens is 391 g/mol. The van der Waals surface area contributed by atoms with E-state index in [1.807, 2.05) is 0 Å². The summed E-state index contributed by atoms with van der Waals surface area (Å²) in [5.74, 6) is -3.73. The molecule has 28 heavy (non-hydrogen) atoms. The van der Waals surface area contributed by atoms with Gasteiger partial charge in [-0.05, 0) is 37.2 Å². The highest BCUT2D eigenvalue weighted by Crippen LogP contribution is 2.36. The van der Waals surface area contributed by atoms with E-state index in [0.29, 0.717) is 23.7 Å². The minimum atomic E-state index is -1.16. The second-order valence-corrected chi connectivity index (χ2v) is 7.67. The molecule has 1 N–H and O–H groups in total. The minimum Gasteiger partial charge on any atom is -0.379 e. The fourth-order valence-corrected chi connectivity index (χ4v) is 4.40. The minimum absolute atomic E-state index is 0.000300. The third kappa shape index (κ3) is 3.26. The van der Waals surface area contributed by atoms with Crippen LogP contribution in [-0.4, -0.2) is 34.3 Å². The molecule has 2 aliphatic heterocycles. The molecule has 1 aromatic heterocycles. The van der Waals surface area contributed by atoms with Gasteiger partial charge < -0.3 is 19.2 Å². The van der Waals surface area contributed by atoms with E-state index in [9.17, 15) is 18.0 Å². The van der Waals surface area contributed by atoms with Crippen molar-refractivity contribution in [2.24, 2.45) is 7.05 Å². The lowest BCUT2D eigenvalue weighted by Gasteiger charge is -2.14. The maximum Gasteiger partial charge on any atom is 0.226 e. The Hall–Kier alpha value is -2.13. The predicted octanol–water partition coefficient (Wildman–Crippen LogP) is 2.76. The predicted molar refractivity (Wildman–Crippen MR) is 98.1 cm³/mol. The molecule has 1 aromatic carbocycles. The largest absolute Gasteiger partial charge is 0.379 e. The first kappa shape index (κ1) is 19.2. The van der Waals surface area contributed by atoms with Crippen LogP contribution in [0.4, 0.5) is 13.2 Å². The van der Waals surface area contributed by atoms with Crippen molar-refractivity contribution in [1.29, 1.82) is 0 Å². The molecule has 1 amide bonds. The molecule has 150 valence electrons. The Labute approximate surface area is 165 Å². The Morgan fingerprint density at radius 2 is 2.07 bits per heavy atom. The van der Waals surface area contributed by atoms with Gasteiger partial charge in [0.1, 0.15) is 5.82 Å². The SMILES string of the molecule is Cn1c(CC(=O)NC2CCOC2)c2n(c1=S)C[C@@H](c1c(F)ccc(F)c1F)C2. The number of benzene rings is 1. The van der Waals surface area contributed by atoms with Crippen LogP contribution in [0.5, 0.6) is 0 Å². The van der Waals surface area contributed by atoms with Crippen molar-refractivity contribution in [2.45, 2.75) is 37.8 Å². The number of halogens is 3. The van der Waals surface area contributed by atoms with Gasteiger partial charge in [-0.25, -0.2) is 13.2 Å². The number of rotatable bonds is 4. The Morgan fingerprint density at radius 1 is 1.32 bits per heavy atom. The zero-order valence-corrected chi connectivity index (χ0v) is 16.1. The first-order chi connectivity index (χ1) is 13.4. The Kier molecular flexibility index (Phi) is 5.05. The third-order valence-electron chi connectivity index (χ3n) is 5.53. The standard InChI is InChI=1S/C19H20F3N3O2S/c1-24-14(7-16(26)23-11-4-5-27-9-11)15-6-10(8-25(15)19(24)28)17-12(20)2-3-13(21)18(17)22/h2-3,10-11H,4-9H2,1H3,(H,23,26)/t10-,11?/m0/s1. The monoisotopic (exact) mass is 411 g/mol. The van der Waals surface area contributed by atoms with Crippen LogP contribution < -0.4 is 5.32 Å². The molecule has 2 atom stereocenters. The van der Waals surface area contributed by atoms with Crippen molar-refractivity contribution in [2.75, 3.05) is 13.2 Å². The van der Waals surface area contributed by atoms with E-state index in [4.69, 9.17) is 17.0 Å². The van der Waals surface area contributed by atoms with Crippen molar-refractivity contribution in [3.63, 3.8) is 0 Å². The molecule has 0 saturated carbocycles. The van der Waals surface area contributed by atoms with E-state index < -0.39 is 23.4 Å². The van der Waals surface area contributed by atoms with E-state index >= 15 is 0 Å². The van der Waals surface area contributed by atoms with Gasteiger partial charge in [0.25, 0.3) is 0 Å². The number of nitrogens with one attached hydrogen (secondary N) is 1. The number of ether oxygens (including phenoxy) is 1. The normalized spacial score (nSPS) is 21.1. The van der Waals surface area contributed by atoms with Crippen molar-refractivity contribution >= 4 is 18.1 Å². The summed E-state index contributed by atoms with van der Waals surface area (Å²) in [6.07, 6.45) is 1.18. The molecule has 4 rings (SSSR count). The summed E-state index contributed by atoms with van der Waals surface area (Å²) in [5, 5.41) is 2.93. The molecule has 3 heterocycles. The van der Waals surface area contributed by atoms with Gasteiger partial charge in [0, 0.05) is 43.1 Å². The first-order valence-electron chi connectivity index (χ1n) is 9.14. The summed E-state index contributed by atoms with van der Waals surface area (Å²) >= 11 is 5.44. The van der Waals surface area contributed by atoms with Crippen LogP contribution in [0.25, 0.3) is 0 Å². The Bertz CT molecular complexity index is 995. The Morgan fingerprint density at radius 3 is 2.79 bits per heavy atom. The number of carbonyl (C=O) groups is 1. The van der Waals surface area contributed by atoms with Crippen molar-refractivity contribution < 1.29 is 22.7 Å². The van der Waals surface area contributed by atoms with E-state index in [1.54, 1.807) is 16.2 Å². The highest BCUT2D eigenvalue weighted by atomic mass is 32.1. The van der Waals surface area contributed by atoms with Gasteiger partial charge in [0.2, 0.25) is 5.91 Å². The van der Waals surface area contributed by atoms with E-state index in [-0.39, 0.29) is 36.9 Å².